The van der Waals surface area contributed by atoms with Crippen LogP contribution in [0.15, 0.2) is 30.3 Å². The average molecular weight is 260 g/mol. The summed E-state index contributed by atoms with van der Waals surface area (Å²) in [4.78, 5) is 12.1. The average Bonchev–Trinajstić information content (AvgIpc) is 2.88. The number of hydrogen-bond acceptors (Lipinski definition) is 2. The maximum atomic E-state index is 12.1. The number of benzene rings is 1. The van der Waals surface area contributed by atoms with Gasteiger partial charge in [-0.25, -0.2) is 0 Å². The van der Waals surface area contributed by atoms with Gasteiger partial charge in [0, 0.05) is 18.0 Å². The van der Waals surface area contributed by atoms with Crippen LogP contribution in [0, 0.1) is 5.41 Å². The summed E-state index contributed by atoms with van der Waals surface area (Å²) in [6, 6.07) is 10.0. The lowest BCUT2D eigenvalue weighted by molar-refractivity contribution is -0.129. The lowest BCUT2D eigenvalue weighted by Crippen LogP contribution is -2.38. The molecule has 0 aromatic heterocycles. The highest BCUT2D eigenvalue weighted by Gasteiger charge is 2.35. The second-order valence-corrected chi connectivity index (χ2v) is 5.83. The van der Waals surface area contributed by atoms with Gasteiger partial charge in [-0.3, -0.25) is 4.79 Å². The minimum Gasteiger partial charge on any atom is -0.356 e. The van der Waals surface area contributed by atoms with Gasteiger partial charge in [0.2, 0.25) is 5.91 Å². The number of carbonyl (C=O) groups excluding carboxylic acids is 1. The highest BCUT2D eigenvalue weighted by Crippen LogP contribution is 2.37. The summed E-state index contributed by atoms with van der Waals surface area (Å²) in [5.41, 5.74) is 7.10. The van der Waals surface area contributed by atoms with E-state index in [-0.39, 0.29) is 17.4 Å². The molecule has 19 heavy (non-hydrogen) atoms. The van der Waals surface area contributed by atoms with Crippen LogP contribution >= 0.6 is 0 Å². The topological polar surface area (TPSA) is 55.1 Å². The first-order valence-corrected chi connectivity index (χ1v) is 7.21. The number of hydrogen-bond donors (Lipinski definition) is 2. The number of carbonyl (C=O) groups is 1. The van der Waals surface area contributed by atoms with E-state index in [9.17, 15) is 4.79 Å². The molecule has 1 aromatic rings. The van der Waals surface area contributed by atoms with Gasteiger partial charge in [-0.05, 0) is 24.8 Å². The first-order valence-electron chi connectivity index (χ1n) is 7.21. The van der Waals surface area contributed by atoms with E-state index in [4.69, 9.17) is 5.73 Å². The zero-order chi connectivity index (χ0) is 13.7. The summed E-state index contributed by atoms with van der Waals surface area (Å²) in [6.45, 7) is 2.73. The van der Waals surface area contributed by atoms with Crippen molar-refractivity contribution in [2.45, 2.75) is 45.1 Å². The van der Waals surface area contributed by atoms with Gasteiger partial charge in [0.15, 0.2) is 0 Å². The molecule has 1 unspecified atom stereocenters. The third-order valence-corrected chi connectivity index (χ3v) is 4.22. The molecule has 1 atom stereocenters. The van der Waals surface area contributed by atoms with Gasteiger partial charge in [-0.2, -0.15) is 0 Å². The minimum absolute atomic E-state index is 0.00196. The van der Waals surface area contributed by atoms with Crippen molar-refractivity contribution in [1.82, 2.24) is 5.32 Å². The van der Waals surface area contributed by atoms with Crippen LogP contribution in [0.1, 0.15) is 50.6 Å². The Hall–Kier alpha value is -1.35. The second kappa shape index (κ2) is 6.20. The van der Waals surface area contributed by atoms with Crippen molar-refractivity contribution in [3.05, 3.63) is 35.9 Å². The van der Waals surface area contributed by atoms with Crippen LogP contribution in [-0.2, 0) is 4.79 Å². The van der Waals surface area contributed by atoms with Gasteiger partial charge in [0.1, 0.15) is 0 Å². The zero-order valence-corrected chi connectivity index (χ0v) is 11.7. The van der Waals surface area contributed by atoms with Gasteiger partial charge in [0.05, 0.1) is 0 Å². The summed E-state index contributed by atoms with van der Waals surface area (Å²) >= 11 is 0. The van der Waals surface area contributed by atoms with Crippen molar-refractivity contribution in [3.63, 3.8) is 0 Å². The van der Waals surface area contributed by atoms with E-state index in [1.165, 1.54) is 12.8 Å². The zero-order valence-electron chi connectivity index (χ0n) is 11.7. The molecule has 3 N–H and O–H groups in total. The van der Waals surface area contributed by atoms with E-state index in [0.29, 0.717) is 6.54 Å². The van der Waals surface area contributed by atoms with Gasteiger partial charge >= 0.3 is 0 Å². The fourth-order valence-corrected chi connectivity index (χ4v) is 2.80. The van der Waals surface area contributed by atoms with E-state index in [1.807, 2.05) is 30.3 Å². The van der Waals surface area contributed by atoms with Crippen LogP contribution in [0.25, 0.3) is 0 Å². The lowest BCUT2D eigenvalue weighted by atomic mass is 9.88. The molecule has 0 saturated heterocycles. The Kier molecular flexibility index (Phi) is 4.59. The quantitative estimate of drug-likeness (QED) is 0.855. The third-order valence-electron chi connectivity index (χ3n) is 4.22. The fraction of sp³-hybridized carbons (Fsp3) is 0.562. The molecule has 1 saturated carbocycles. The largest absolute Gasteiger partial charge is 0.356 e. The molecule has 0 heterocycles. The van der Waals surface area contributed by atoms with Crippen molar-refractivity contribution >= 4 is 5.91 Å². The normalized spacial score (nSPS) is 19.1. The summed E-state index contributed by atoms with van der Waals surface area (Å²) in [6.07, 6.45) is 5.17. The van der Waals surface area contributed by atoms with Gasteiger partial charge in [0.25, 0.3) is 0 Å². The molecule has 3 heteroatoms. The first-order chi connectivity index (χ1) is 9.12. The Bertz CT molecular complexity index is 410. The number of rotatable bonds is 5. The second-order valence-electron chi connectivity index (χ2n) is 5.83. The molecule has 3 nitrogen and oxygen atoms in total. The molecule has 2 rings (SSSR count). The number of nitrogens with one attached hydrogen (secondary N) is 1. The standard InChI is InChI=1S/C16H24N2O/c1-16(10-5-6-11-16)15(19)18-12-9-14(17)13-7-3-2-4-8-13/h2-4,7-8,14H,5-6,9-12,17H2,1H3,(H,18,19). The number of nitrogens with two attached hydrogens (primary N) is 1. The van der Waals surface area contributed by atoms with E-state index < -0.39 is 0 Å². The van der Waals surface area contributed by atoms with Crippen molar-refractivity contribution in [2.24, 2.45) is 11.1 Å². The van der Waals surface area contributed by atoms with Crippen LogP contribution in [-0.4, -0.2) is 12.5 Å². The Morgan fingerprint density at radius 2 is 1.95 bits per heavy atom. The first kappa shape index (κ1) is 14.1. The van der Waals surface area contributed by atoms with Gasteiger partial charge < -0.3 is 11.1 Å². The Labute approximate surface area is 115 Å². The Morgan fingerprint density at radius 3 is 2.58 bits per heavy atom. The maximum absolute atomic E-state index is 12.1. The molecule has 0 bridgehead atoms. The van der Waals surface area contributed by atoms with Crippen LogP contribution < -0.4 is 11.1 Å². The predicted molar refractivity (Wildman–Crippen MR) is 77.6 cm³/mol. The highest BCUT2D eigenvalue weighted by atomic mass is 16.2. The molecule has 1 aromatic carbocycles. The van der Waals surface area contributed by atoms with Crippen molar-refractivity contribution in [1.29, 1.82) is 0 Å². The molecular formula is C16H24N2O. The van der Waals surface area contributed by atoms with Crippen molar-refractivity contribution < 1.29 is 4.79 Å². The Balaban J connectivity index is 1.76. The molecule has 1 aliphatic carbocycles. The SMILES string of the molecule is CC1(C(=O)NCCC(N)c2ccccc2)CCCC1. The molecule has 0 spiro atoms. The fourth-order valence-electron chi connectivity index (χ4n) is 2.80. The third kappa shape index (κ3) is 3.57. The molecular weight excluding hydrogens is 236 g/mol. The molecule has 0 aliphatic heterocycles. The van der Waals surface area contributed by atoms with Crippen LogP contribution in [0.5, 0.6) is 0 Å². The molecule has 1 fully saturated rings. The van der Waals surface area contributed by atoms with E-state index in [2.05, 4.69) is 12.2 Å². The van der Waals surface area contributed by atoms with Crippen LogP contribution in [0.4, 0.5) is 0 Å². The van der Waals surface area contributed by atoms with Gasteiger partial charge in [-0.1, -0.05) is 50.1 Å². The smallest absolute Gasteiger partial charge is 0.225 e. The Morgan fingerprint density at radius 1 is 1.32 bits per heavy atom. The lowest BCUT2D eigenvalue weighted by Gasteiger charge is -2.22. The van der Waals surface area contributed by atoms with Crippen molar-refractivity contribution in [3.8, 4) is 0 Å². The molecule has 1 aliphatic rings. The minimum atomic E-state index is -0.142. The van der Waals surface area contributed by atoms with E-state index in [0.717, 1.165) is 24.8 Å². The summed E-state index contributed by atoms with van der Waals surface area (Å²) in [5.74, 6) is 0.199. The number of amides is 1. The van der Waals surface area contributed by atoms with E-state index in [1.54, 1.807) is 0 Å². The molecule has 0 radical (unpaired) electrons. The monoisotopic (exact) mass is 260 g/mol. The van der Waals surface area contributed by atoms with Crippen molar-refractivity contribution in [2.75, 3.05) is 6.54 Å². The maximum Gasteiger partial charge on any atom is 0.225 e. The van der Waals surface area contributed by atoms with Crippen LogP contribution in [0.3, 0.4) is 0 Å². The van der Waals surface area contributed by atoms with Crippen LogP contribution in [0.2, 0.25) is 0 Å². The van der Waals surface area contributed by atoms with Gasteiger partial charge in [-0.15, -0.1) is 0 Å². The highest BCUT2D eigenvalue weighted by molar-refractivity contribution is 5.82. The predicted octanol–water partition coefficient (Wildman–Crippen LogP) is 2.77. The summed E-state index contributed by atoms with van der Waals surface area (Å²) < 4.78 is 0. The van der Waals surface area contributed by atoms with E-state index >= 15 is 0 Å². The molecule has 1 amide bonds. The molecule has 104 valence electrons. The summed E-state index contributed by atoms with van der Waals surface area (Å²) in [7, 11) is 0. The summed E-state index contributed by atoms with van der Waals surface area (Å²) in [5, 5.41) is 3.05.